The van der Waals surface area contributed by atoms with Crippen molar-refractivity contribution in [1.29, 1.82) is 0 Å². The van der Waals surface area contributed by atoms with Crippen LogP contribution in [0.5, 0.6) is 0 Å². The Labute approximate surface area is 97.2 Å². The molecule has 0 radical (unpaired) electrons. The molecule has 3 nitrogen and oxygen atoms in total. The number of carbonyl (C=O) groups is 1. The average Bonchev–Trinajstić information content (AvgIpc) is 2.23. The Morgan fingerprint density at radius 1 is 1.33 bits per heavy atom. The number of nitrogens with one attached hydrogen (secondary N) is 1. The summed E-state index contributed by atoms with van der Waals surface area (Å²) in [4.78, 5) is 11.3. The van der Waals surface area contributed by atoms with E-state index in [0.717, 1.165) is 10.0 Å². The molecule has 1 amide bonds. The third-order valence-electron chi connectivity index (χ3n) is 2.76. The highest BCUT2D eigenvalue weighted by molar-refractivity contribution is 9.10. The monoisotopic (exact) mass is 268 g/mol. The fourth-order valence-corrected chi connectivity index (χ4v) is 2.14. The van der Waals surface area contributed by atoms with Gasteiger partial charge < -0.3 is 11.1 Å². The first kappa shape index (κ1) is 10.6. The van der Waals surface area contributed by atoms with Crippen LogP contribution in [0.2, 0.25) is 0 Å². The largest absolute Gasteiger partial charge is 0.355 e. The quantitative estimate of drug-likeness (QED) is 0.809. The van der Waals surface area contributed by atoms with Crippen LogP contribution < -0.4 is 11.1 Å². The van der Waals surface area contributed by atoms with Crippen LogP contribution in [0, 0.1) is 0 Å². The summed E-state index contributed by atoms with van der Waals surface area (Å²) in [6.45, 7) is 0.569. The number of halogens is 1. The van der Waals surface area contributed by atoms with Crippen molar-refractivity contribution in [1.82, 2.24) is 5.32 Å². The van der Waals surface area contributed by atoms with E-state index in [1.807, 2.05) is 24.3 Å². The molecule has 2 unspecified atom stereocenters. The second-order valence-electron chi connectivity index (χ2n) is 3.83. The summed E-state index contributed by atoms with van der Waals surface area (Å²) in [5.41, 5.74) is 7.12. The molecule has 1 aliphatic heterocycles. The number of carbonyl (C=O) groups excluding carboxylic acids is 1. The van der Waals surface area contributed by atoms with Gasteiger partial charge in [-0.25, -0.2) is 0 Å². The Morgan fingerprint density at radius 3 is 2.67 bits per heavy atom. The first-order valence-electron chi connectivity index (χ1n) is 4.94. The lowest BCUT2D eigenvalue weighted by molar-refractivity contribution is -0.122. The third-order valence-corrected chi connectivity index (χ3v) is 3.28. The second-order valence-corrected chi connectivity index (χ2v) is 4.75. The summed E-state index contributed by atoms with van der Waals surface area (Å²) in [5, 5.41) is 2.77. The van der Waals surface area contributed by atoms with Crippen molar-refractivity contribution < 1.29 is 4.79 Å². The topological polar surface area (TPSA) is 55.1 Å². The Kier molecular flexibility index (Phi) is 3.07. The number of rotatable bonds is 1. The number of amides is 1. The molecule has 1 saturated heterocycles. The fourth-order valence-electron chi connectivity index (χ4n) is 1.87. The molecule has 0 aromatic heterocycles. The van der Waals surface area contributed by atoms with E-state index in [4.69, 9.17) is 5.73 Å². The van der Waals surface area contributed by atoms with E-state index >= 15 is 0 Å². The lowest BCUT2D eigenvalue weighted by Gasteiger charge is -2.29. The Bertz CT molecular complexity index is 363. The molecule has 0 spiro atoms. The van der Waals surface area contributed by atoms with Gasteiger partial charge >= 0.3 is 0 Å². The highest BCUT2D eigenvalue weighted by Gasteiger charge is 2.27. The van der Waals surface area contributed by atoms with Gasteiger partial charge in [-0.05, 0) is 17.7 Å². The van der Waals surface area contributed by atoms with Gasteiger partial charge in [-0.3, -0.25) is 4.79 Å². The molecule has 1 heterocycles. The molecule has 2 atom stereocenters. The Hall–Kier alpha value is -0.870. The van der Waals surface area contributed by atoms with Gasteiger partial charge in [0.25, 0.3) is 0 Å². The van der Waals surface area contributed by atoms with Crippen molar-refractivity contribution in [2.24, 2.45) is 5.73 Å². The van der Waals surface area contributed by atoms with Crippen molar-refractivity contribution in [3.05, 3.63) is 34.3 Å². The first-order valence-corrected chi connectivity index (χ1v) is 5.74. The van der Waals surface area contributed by atoms with Crippen LogP contribution in [0.25, 0.3) is 0 Å². The molecule has 3 N–H and O–H groups in total. The molecule has 2 rings (SSSR count). The van der Waals surface area contributed by atoms with E-state index in [9.17, 15) is 4.79 Å². The highest BCUT2D eigenvalue weighted by Crippen LogP contribution is 2.26. The fraction of sp³-hybridized carbons (Fsp3) is 0.364. The van der Waals surface area contributed by atoms with E-state index in [-0.39, 0.29) is 17.9 Å². The zero-order valence-electron chi connectivity index (χ0n) is 8.24. The standard InChI is InChI=1S/C11H13BrN2O/c12-8-3-1-7(2-4-8)9-5-11(15)14-6-10(9)13/h1-4,9-10H,5-6,13H2,(H,14,15). The van der Waals surface area contributed by atoms with Crippen LogP contribution in [0.3, 0.4) is 0 Å². The lowest BCUT2D eigenvalue weighted by Crippen LogP contribution is -2.47. The highest BCUT2D eigenvalue weighted by atomic mass is 79.9. The molecular formula is C11H13BrN2O. The van der Waals surface area contributed by atoms with Crippen LogP contribution in [-0.2, 0) is 4.79 Å². The molecule has 1 aromatic rings. The zero-order chi connectivity index (χ0) is 10.8. The maximum absolute atomic E-state index is 11.3. The molecule has 80 valence electrons. The van der Waals surface area contributed by atoms with Crippen molar-refractivity contribution >= 4 is 21.8 Å². The molecule has 1 aliphatic rings. The molecular weight excluding hydrogens is 256 g/mol. The van der Waals surface area contributed by atoms with Crippen LogP contribution in [-0.4, -0.2) is 18.5 Å². The molecule has 0 saturated carbocycles. The minimum Gasteiger partial charge on any atom is -0.355 e. The van der Waals surface area contributed by atoms with Crippen LogP contribution in [0.15, 0.2) is 28.7 Å². The van der Waals surface area contributed by atoms with E-state index in [0.29, 0.717) is 13.0 Å². The number of hydrogen-bond donors (Lipinski definition) is 2. The van der Waals surface area contributed by atoms with Gasteiger partial charge in [0.2, 0.25) is 5.91 Å². The van der Waals surface area contributed by atoms with Gasteiger partial charge in [0.1, 0.15) is 0 Å². The summed E-state index contributed by atoms with van der Waals surface area (Å²) >= 11 is 3.39. The molecule has 1 fully saturated rings. The molecule has 1 aromatic carbocycles. The number of piperidine rings is 1. The predicted octanol–water partition coefficient (Wildman–Crippen LogP) is 1.38. The molecule has 15 heavy (non-hydrogen) atoms. The first-order chi connectivity index (χ1) is 7.16. The Balaban J connectivity index is 2.21. The van der Waals surface area contributed by atoms with Gasteiger partial charge in [0.15, 0.2) is 0 Å². The molecule has 0 aliphatic carbocycles. The van der Waals surface area contributed by atoms with Gasteiger partial charge in [-0.1, -0.05) is 28.1 Å². The maximum Gasteiger partial charge on any atom is 0.220 e. The van der Waals surface area contributed by atoms with Gasteiger partial charge in [-0.2, -0.15) is 0 Å². The zero-order valence-corrected chi connectivity index (χ0v) is 9.83. The summed E-state index contributed by atoms with van der Waals surface area (Å²) < 4.78 is 1.04. The number of nitrogens with two attached hydrogens (primary N) is 1. The maximum atomic E-state index is 11.3. The summed E-state index contributed by atoms with van der Waals surface area (Å²) in [7, 11) is 0. The minimum atomic E-state index is 0.0175. The van der Waals surface area contributed by atoms with E-state index in [1.54, 1.807) is 0 Å². The number of benzene rings is 1. The van der Waals surface area contributed by atoms with Crippen LogP contribution in [0.4, 0.5) is 0 Å². The van der Waals surface area contributed by atoms with Gasteiger partial charge in [0, 0.05) is 29.4 Å². The van der Waals surface area contributed by atoms with E-state index in [1.165, 1.54) is 0 Å². The smallest absolute Gasteiger partial charge is 0.220 e. The van der Waals surface area contributed by atoms with Crippen LogP contribution in [0.1, 0.15) is 17.9 Å². The minimum absolute atomic E-state index is 0.0175. The average molecular weight is 269 g/mol. The van der Waals surface area contributed by atoms with E-state index < -0.39 is 0 Å². The van der Waals surface area contributed by atoms with Crippen molar-refractivity contribution in [3.63, 3.8) is 0 Å². The predicted molar refractivity (Wildman–Crippen MR) is 62.5 cm³/mol. The summed E-state index contributed by atoms with van der Waals surface area (Å²) in [6, 6.07) is 8.02. The number of hydrogen-bond acceptors (Lipinski definition) is 2. The van der Waals surface area contributed by atoms with Crippen molar-refractivity contribution in [2.45, 2.75) is 18.4 Å². The lowest BCUT2D eigenvalue weighted by atomic mass is 9.86. The summed E-state index contributed by atoms with van der Waals surface area (Å²) in [5.74, 6) is 0.233. The normalized spacial score (nSPS) is 26.1. The molecule has 4 heteroatoms. The summed E-state index contributed by atoms with van der Waals surface area (Å²) in [6.07, 6.45) is 0.489. The van der Waals surface area contributed by atoms with Gasteiger partial charge in [-0.15, -0.1) is 0 Å². The third kappa shape index (κ3) is 2.38. The second kappa shape index (κ2) is 4.33. The SMILES string of the molecule is NC1CNC(=O)CC1c1ccc(Br)cc1. The van der Waals surface area contributed by atoms with Crippen LogP contribution >= 0.6 is 15.9 Å². The van der Waals surface area contributed by atoms with Gasteiger partial charge in [0.05, 0.1) is 0 Å². The van der Waals surface area contributed by atoms with Crippen molar-refractivity contribution in [2.75, 3.05) is 6.54 Å². The van der Waals surface area contributed by atoms with E-state index in [2.05, 4.69) is 21.2 Å². The van der Waals surface area contributed by atoms with Crippen molar-refractivity contribution in [3.8, 4) is 0 Å². The molecule has 0 bridgehead atoms. The Morgan fingerprint density at radius 2 is 2.00 bits per heavy atom.